The number of hydrogen-bond donors (Lipinski definition) is 0. The van der Waals surface area contributed by atoms with Crippen LogP contribution >= 0.6 is 11.3 Å². The van der Waals surface area contributed by atoms with Crippen molar-refractivity contribution in [1.82, 2.24) is 0 Å². The van der Waals surface area contributed by atoms with Gasteiger partial charge in [-0.15, -0.1) is 11.3 Å². The first-order valence-electron chi connectivity index (χ1n) is 13.2. The fraction of sp³-hybridized carbons (Fsp3) is 0.344. The fourth-order valence-electron chi connectivity index (χ4n) is 4.31. The summed E-state index contributed by atoms with van der Waals surface area (Å²) in [4.78, 5) is 15.2. The molecule has 3 aromatic carbocycles. The number of ether oxygens (including phenoxy) is 5. The van der Waals surface area contributed by atoms with Crippen LogP contribution in [0.3, 0.4) is 0 Å². The number of hydrogen-bond acceptors (Lipinski definition) is 8. The Morgan fingerprint density at radius 3 is 1.90 bits per heavy atom. The van der Waals surface area contributed by atoms with Crippen LogP contribution in [0.25, 0.3) is 20.5 Å². The molecule has 0 amide bonds. The number of carbonyl (C=O) groups is 1. The lowest BCUT2D eigenvalue weighted by atomic mass is 9.97. The zero-order valence-electron chi connectivity index (χ0n) is 25.4. The van der Waals surface area contributed by atoms with Gasteiger partial charge in [-0.25, -0.2) is 0 Å². The minimum atomic E-state index is -2.18. The van der Waals surface area contributed by atoms with Crippen LogP contribution in [-0.2, 0) is 0 Å². The van der Waals surface area contributed by atoms with E-state index in [9.17, 15) is 4.79 Å². The number of rotatable bonds is 10. The number of benzene rings is 3. The third-order valence-corrected chi connectivity index (χ3v) is 13.2. The molecule has 0 aliphatic carbocycles. The van der Waals surface area contributed by atoms with Crippen LogP contribution in [-0.4, -0.2) is 49.6 Å². The molecule has 1 aromatic heterocycles. The van der Waals surface area contributed by atoms with E-state index in [1.54, 1.807) is 26.4 Å². The third kappa shape index (κ3) is 5.74. The second kappa shape index (κ2) is 11.7. The van der Waals surface area contributed by atoms with E-state index in [-0.39, 0.29) is 10.8 Å². The standard InChI is InChI=1S/C32H38O7SSi/c1-32(2,3)41(9,10)39-24-15-19(11-14-23(24)35-5)31-28(22-13-12-21(34-4)18-27(22)40-31)29(33)20-16-25(36-6)30(38-8)26(17-20)37-7/h11-18H,1-10H3. The first-order valence-corrected chi connectivity index (χ1v) is 16.9. The zero-order chi connectivity index (χ0) is 30.1. The molecule has 0 N–H and O–H groups in total. The van der Waals surface area contributed by atoms with Crippen LogP contribution in [0.15, 0.2) is 48.5 Å². The van der Waals surface area contributed by atoms with Gasteiger partial charge in [-0.1, -0.05) is 20.8 Å². The quantitative estimate of drug-likeness (QED) is 0.135. The molecule has 0 bridgehead atoms. The van der Waals surface area contributed by atoms with E-state index in [0.717, 1.165) is 20.5 Å². The summed E-state index contributed by atoms with van der Waals surface area (Å²) < 4.78 is 35.3. The monoisotopic (exact) mass is 594 g/mol. The summed E-state index contributed by atoms with van der Waals surface area (Å²) in [6.45, 7) is 11.0. The van der Waals surface area contributed by atoms with Gasteiger partial charge in [0, 0.05) is 26.1 Å². The Balaban J connectivity index is 1.95. The summed E-state index contributed by atoms with van der Waals surface area (Å²) in [6.07, 6.45) is 0. The molecule has 1 heterocycles. The molecule has 0 atom stereocenters. The molecule has 0 fully saturated rings. The molecular formula is C32H38O7SSi. The SMILES string of the molecule is COc1ccc2c(C(=O)c3cc(OC)c(OC)c(OC)c3)c(-c3ccc(OC)c(O[Si](C)(C)C(C)(C)C)c3)sc2c1. The highest BCUT2D eigenvalue weighted by Gasteiger charge is 2.39. The maximum Gasteiger partial charge on any atom is 0.250 e. The molecule has 7 nitrogen and oxygen atoms in total. The van der Waals surface area contributed by atoms with Gasteiger partial charge in [-0.2, -0.15) is 0 Å². The Bertz CT molecular complexity index is 1560. The van der Waals surface area contributed by atoms with Crippen molar-refractivity contribution in [3.05, 3.63) is 59.7 Å². The number of fused-ring (bicyclic) bond motifs is 1. The summed E-state index contributed by atoms with van der Waals surface area (Å²) in [6, 6.07) is 14.9. The molecule has 0 aliphatic rings. The maximum absolute atomic E-state index is 14.3. The van der Waals surface area contributed by atoms with E-state index >= 15 is 0 Å². The van der Waals surface area contributed by atoms with Crippen LogP contribution in [0.4, 0.5) is 0 Å². The number of ketones is 1. The smallest absolute Gasteiger partial charge is 0.250 e. The Morgan fingerprint density at radius 1 is 0.732 bits per heavy atom. The van der Waals surface area contributed by atoms with Gasteiger partial charge in [0.05, 0.1) is 35.5 Å². The molecule has 218 valence electrons. The van der Waals surface area contributed by atoms with E-state index in [0.29, 0.717) is 45.6 Å². The van der Waals surface area contributed by atoms with Crippen molar-refractivity contribution < 1.29 is 32.9 Å². The molecule has 4 rings (SSSR count). The molecule has 0 unspecified atom stereocenters. The van der Waals surface area contributed by atoms with Crippen LogP contribution in [0.2, 0.25) is 18.1 Å². The molecule has 9 heteroatoms. The normalized spacial score (nSPS) is 11.8. The molecule has 0 radical (unpaired) electrons. The lowest BCUT2D eigenvalue weighted by molar-refractivity contribution is 0.104. The summed E-state index contributed by atoms with van der Waals surface area (Å²) in [5, 5.41) is 0.822. The van der Waals surface area contributed by atoms with Crippen molar-refractivity contribution in [2.75, 3.05) is 35.5 Å². The van der Waals surface area contributed by atoms with E-state index in [2.05, 4.69) is 33.9 Å². The topological polar surface area (TPSA) is 72.5 Å². The predicted molar refractivity (Wildman–Crippen MR) is 168 cm³/mol. The average molecular weight is 595 g/mol. The van der Waals surface area contributed by atoms with Crippen molar-refractivity contribution in [3.63, 3.8) is 0 Å². The highest BCUT2D eigenvalue weighted by molar-refractivity contribution is 7.22. The van der Waals surface area contributed by atoms with Crippen molar-refractivity contribution >= 4 is 35.5 Å². The van der Waals surface area contributed by atoms with E-state index in [4.69, 9.17) is 28.1 Å². The summed E-state index contributed by atoms with van der Waals surface area (Å²) in [5.41, 5.74) is 1.85. The third-order valence-electron chi connectivity index (χ3n) is 7.65. The van der Waals surface area contributed by atoms with Crippen molar-refractivity contribution in [3.8, 4) is 44.9 Å². The molecule has 0 aliphatic heterocycles. The Morgan fingerprint density at radius 2 is 1.37 bits per heavy atom. The largest absolute Gasteiger partial charge is 0.541 e. The first kappa shape index (κ1) is 30.3. The van der Waals surface area contributed by atoms with Gasteiger partial charge in [0.15, 0.2) is 23.0 Å². The molecular weight excluding hydrogens is 556 g/mol. The second-order valence-corrected chi connectivity index (χ2v) is 16.9. The summed E-state index contributed by atoms with van der Waals surface area (Å²) in [7, 11) is 5.69. The van der Waals surface area contributed by atoms with Crippen molar-refractivity contribution in [1.29, 1.82) is 0 Å². The van der Waals surface area contributed by atoms with Crippen LogP contribution < -0.4 is 28.1 Å². The highest BCUT2D eigenvalue weighted by Crippen LogP contribution is 2.46. The van der Waals surface area contributed by atoms with Crippen LogP contribution in [0.5, 0.6) is 34.5 Å². The molecule has 41 heavy (non-hydrogen) atoms. The summed E-state index contributed by atoms with van der Waals surface area (Å²) >= 11 is 1.53. The fourth-order valence-corrected chi connectivity index (χ4v) is 6.55. The van der Waals surface area contributed by atoms with Crippen molar-refractivity contribution in [2.24, 2.45) is 0 Å². The van der Waals surface area contributed by atoms with Crippen LogP contribution in [0.1, 0.15) is 36.7 Å². The second-order valence-electron chi connectivity index (χ2n) is 11.1. The minimum Gasteiger partial charge on any atom is -0.541 e. The van der Waals surface area contributed by atoms with Crippen molar-refractivity contribution in [2.45, 2.75) is 38.9 Å². The van der Waals surface area contributed by atoms with E-state index in [1.165, 1.54) is 32.7 Å². The molecule has 0 spiro atoms. The van der Waals surface area contributed by atoms with Gasteiger partial charge >= 0.3 is 0 Å². The van der Waals surface area contributed by atoms with Crippen LogP contribution in [0, 0.1) is 0 Å². The Kier molecular flexibility index (Phi) is 8.61. The van der Waals surface area contributed by atoms with Gasteiger partial charge in [0.2, 0.25) is 5.75 Å². The Labute approximate surface area is 247 Å². The lowest BCUT2D eigenvalue weighted by Gasteiger charge is -2.36. The predicted octanol–water partition coefficient (Wildman–Crippen LogP) is 8.23. The van der Waals surface area contributed by atoms with Gasteiger partial charge in [-0.05, 0) is 72.2 Å². The Hall–Kier alpha value is -3.69. The number of thiophene rings is 1. The van der Waals surface area contributed by atoms with E-state index in [1.807, 2.05) is 36.4 Å². The lowest BCUT2D eigenvalue weighted by Crippen LogP contribution is -2.43. The van der Waals surface area contributed by atoms with Gasteiger partial charge in [-0.3, -0.25) is 4.79 Å². The maximum atomic E-state index is 14.3. The number of carbonyl (C=O) groups excluding carboxylic acids is 1. The highest BCUT2D eigenvalue weighted by atomic mass is 32.1. The number of methoxy groups -OCH3 is 5. The van der Waals surface area contributed by atoms with E-state index < -0.39 is 8.32 Å². The summed E-state index contributed by atoms with van der Waals surface area (Å²) in [5.74, 6) is 3.11. The minimum absolute atomic E-state index is 0.00418. The van der Waals surface area contributed by atoms with Gasteiger partial charge < -0.3 is 28.1 Å². The first-order chi connectivity index (χ1) is 19.4. The zero-order valence-corrected chi connectivity index (χ0v) is 27.2. The van der Waals surface area contributed by atoms with Gasteiger partial charge in [0.1, 0.15) is 11.5 Å². The average Bonchev–Trinajstić information content (AvgIpc) is 3.33. The van der Waals surface area contributed by atoms with Gasteiger partial charge in [0.25, 0.3) is 8.32 Å². The molecule has 0 saturated carbocycles. The molecule has 0 saturated heterocycles. The molecule has 4 aromatic rings.